The van der Waals surface area contributed by atoms with E-state index in [9.17, 15) is 9.90 Å². The predicted octanol–water partition coefficient (Wildman–Crippen LogP) is 3.16. The molecule has 0 aliphatic heterocycles. The van der Waals surface area contributed by atoms with Gasteiger partial charge in [0.15, 0.2) is 0 Å². The fourth-order valence-corrected chi connectivity index (χ4v) is 2.53. The molecular weight excluding hydrogens is 264 g/mol. The maximum Gasteiger partial charge on any atom is 0.319 e. The van der Waals surface area contributed by atoms with Gasteiger partial charge in [-0.3, -0.25) is 0 Å². The maximum absolute atomic E-state index is 11.9. The number of rotatable bonds is 2. The van der Waals surface area contributed by atoms with Crippen LogP contribution in [-0.4, -0.2) is 23.3 Å². The molecule has 0 spiro atoms. The lowest BCUT2D eigenvalue weighted by Crippen LogP contribution is -2.44. The molecule has 0 aromatic heterocycles. The summed E-state index contributed by atoms with van der Waals surface area (Å²) in [6.45, 7) is 0. The van der Waals surface area contributed by atoms with Crippen molar-refractivity contribution in [1.29, 1.82) is 0 Å². The largest absolute Gasteiger partial charge is 0.391 e. The highest BCUT2D eigenvalue weighted by Crippen LogP contribution is 2.21. The average Bonchev–Trinajstić information content (AvgIpc) is 2.58. The number of benzene rings is 1. The molecule has 2 atom stereocenters. The molecule has 0 bridgehead atoms. The molecule has 0 radical (unpaired) electrons. The number of amides is 2. The van der Waals surface area contributed by atoms with Crippen LogP contribution in [0.2, 0.25) is 5.02 Å². The number of hydrogen-bond acceptors (Lipinski definition) is 2. The summed E-state index contributed by atoms with van der Waals surface area (Å²) in [5.74, 6) is 0. The van der Waals surface area contributed by atoms with Crippen molar-refractivity contribution in [3.63, 3.8) is 0 Å². The van der Waals surface area contributed by atoms with E-state index in [2.05, 4.69) is 10.6 Å². The van der Waals surface area contributed by atoms with Crippen molar-refractivity contribution in [2.24, 2.45) is 0 Å². The summed E-state index contributed by atoms with van der Waals surface area (Å²) >= 11 is 5.97. The van der Waals surface area contributed by atoms with Crippen LogP contribution in [0.5, 0.6) is 0 Å². The number of para-hydroxylation sites is 1. The van der Waals surface area contributed by atoms with Crippen LogP contribution in [0.3, 0.4) is 0 Å². The van der Waals surface area contributed by atoms with Crippen LogP contribution in [0.1, 0.15) is 32.1 Å². The molecule has 1 saturated carbocycles. The minimum atomic E-state index is -0.459. The van der Waals surface area contributed by atoms with E-state index < -0.39 is 6.10 Å². The second kappa shape index (κ2) is 6.78. The van der Waals surface area contributed by atoms with E-state index in [1.165, 1.54) is 0 Å². The molecule has 4 nitrogen and oxygen atoms in total. The first-order chi connectivity index (χ1) is 9.16. The van der Waals surface area contributed by atoms with Gasteiger partial charge in [-0.25, -0.2) is 4.79 Å². The first kappa shape index (κ1) is 14.2. The molecule has 1 fully saturated rings. The molecule has 3 N–H and O–H groups in total. The molecule has 1 aliphatic carbocycles. The Bertz CT molecular complexity index is 439. The SMILES string of the molecule is O=C(Nc1ccccc1Cl)NC1CCCCCC1O. The lowest BCUT2D eigenvalue weighted by molar-refractivity contribution is 0.124. The molecule has 104 valence electrons. The Balaban J connectivity index is 1.92. The van der Waals surface area contributed by atoms with Crippen LogP contribution in [0.4, 0.5) is 10.5 Å². The van der Waals surface area contributed by atoms with Crippen LogP contribution in [0.15, 0.2) is 24.3 Å². The Morgan fingerprint density at radius 3 is 2.74 bits per heavy atom. The maximum atomic E-state index is 11.9. The zero-order valence-corrected chi connectivity index (χ0v) is 11.5. The Morgan fingerprint density at radius 1 is 1.21 bits per heavy atom. The number of urea groups is 1. The Labute approximate surface area is 118 Å². The molecule has 5 heteroatoms. The number of nitrogens with one attached hydrogen (secondary N) is 2. The van der Waals surface area contributed by atoms with Gasteiger partial charge in [-0.2, -0.15) is 0 Å². The molecule has 2 amide bonds. The summed E-state index contributed by atoms with van der Waals surface area (Å²) in [5.41, 5.74) is 0.574. The van der Waals surface area contributed by atoms with E-state index in [0.717, 1.165) is 32.1 Å². The summed E-state index contributed by atoms with van der Waals surface area (Å²) in [5, 5.41) is 16.0. The minimum absolute atomic E-state index is 0.176. The number of halogens is 1. The zero-order chi connectivity index (χ0) is 13.7. The molecule has 0 heterocycles. The van der Waals surface area contributed by atoms with E-state index in [4.69, 9.17) is 11.6 Å². The van der Waals surface area contributed by atoms with Gasteiger partial charge in [-0.1, -0.05) is 43.0 Å². The van der Waals surface area contributed by atoms with E-state index >= 15 is 0 Å². The quantitative estimate of drug-likeness (QED) is 0.730. The lowest BCUT2D eigenvalue weighted by Gasteiger charge is -2.22. The second-order valence-electron chi connectivity index (χ2n) is 4.89. The molecule has 1 aromatic carbocycles. The average molecular weight is 283 g/mol. The van der Waals surface area contributed by atoms with Crippen LogP contribution in [0, 0.1) is 0 Å². The Morgan fingerprint density at radius 2 is 1.95 bits per heavy atom. The first-order valence-corrected chi connectivity index (χ1v) is 7.05. The van der Waals surface area contributed by atoms with Crippen molar-refractivity contribution in [3.05, 3.63) is 29.3 Å². The van der Waals surface area contributed by atoms with Crippen molar-refractivity contribution in [3.8, 4) is 0 Å². The number of carbonyl (C=O) groups excluding carboxylic acids is 1. The molecule has 1 aromatic rings. The van der Waals surface area contributed by atoms with Crippen LogP contribution in [-0.2, 0) is 0 Å². The van der Waals surface area contributed by atoms with Crippen molar-refractivity contribution in [2.75, 3.05) is 5.32 Å². The fraction of sp³-hybridized carbons (Fsp3) is 0.500. The molecule has 19 heavy (non-hydrogen) atoms. The van der Waals surface area contributed by atoms with Crippen LogP contribution in [0.25, 0.3) is 0 Å². The highest BCUT2D eigenvalue weighted by molar-refractivity contribution is 6.33. The van der Waals surface area contributed by atoms with Gasteiger partial charge in [0.1, 0.15) is 0 Å². The third kappa shape index (κ3) is 4.11. The van der Waals surface area contributed by atoms with Crippen molar-refractivity contribution in [1.82, 2.24) is 5.32 Å². The third-order valence-corrected chi connectivity index (χ3v) is 3.75. The van der Waals surface area contributed by atoms with Gasteiger partial charge < -0.3 is 15.7 Å². The molecule has 1 aliphatic rings. The summed E-state index contributed by atoms with van der Waals surface area (Å²) in [7, 11) is 0. The van der Waals surface area contributed by atoms with Gasteiger partial charge >= 0.3 is 6.03 Å². The zero-order valence-electron chi connectivity index (χ0n) is 10.7. The summed E-state index contributed by atoms with van der Waals surface area (Å²) < 4.78 is 0. The van der Waals surface area contributed by atoms with E-state index in [1.54, 1.807) is 18.2 Å². The fourth-order valence-electron chi connectivity index (χ4n) is 2.35. The smallest absolute Gasteiger partial charge is 0.319 e. The van der Waals surface area contributed by atoms with Crippen molar-refractivity contribution >= 4 is 23.3 Å². The standard InChI is InChI=1S/C14H19ClN2O2/c15-10-6-4-5-7-11(10)16-14(19)17-12-8-2-1-3-9-13(12)18/h4-7,12-13,18H,1-3,8-9H2,(H2,16,17,19). The second-order valence-corrected chi connectivity index (χ2v) is 5.30. The predicted molar refractivity (Wildman–Crippen MR) is 76.5 cm³/mol. The van der Waals surface area contributed by atoms with Crippen molar-refractivity contribution < 1.29 is 9.90 Å². The topological polar surface area (TPSA) is 61.4 Å². The van der Waals surface area contributed by atoms with Gasteiger partial charge in [-0.15, -0.1) is 0 Å². The van der Waals surface area contributed by atoms with E-state index in [1.807, 2.05) is 6.07 Å². The minimum Gasteiger partial charge on any atom is -0.391 e. The summed E-state index contributed by atoms with van der Waals surface area (Å²) in [6, 6.07) is 6.58. The molecule has 2 unspecified atom stereocenters. The molecular formula is C14H19ClN2O2. The number of carbonyl (C=O) groups is 1. The first-order valence-electron chi connectivity index (χ1n) is 6.67. The number of hydrogen-bond donors (Lipinski definition) is 3. The summed E-state index contributed by atoms with van der Waals surface area (Å²) in [6.07, 6.45) is 4.27. The van der Waals surface area contributed by atoms with Crippen LogP contribution >= 0.6 is 11.6 Å². The highest BCUT2D eigenvalue weighted by atomic mass is 35.5. The highest BCUT2D eigenvalue weighted by Gasteiger charge is 2.23. The van der Waals surface area contributed by atoms with Gasteiger partial charge in [0.05, 0.1) is 22.9 Å². The third-order valence-electron chi connectivity index (χ3n) is 3.42. The summed E-state index contributed by atoms with van der Waals surface area (Å²) in [4.78, 5) is 11.9. The number of aliphatic hydroxyl groups excluding tert-OH is 1. The number of anilines is 1. The van der Waals surface area contributed by atoms with Gasteiger partial charge in [0, 0.05) is 0 Å². The molecule has 0 saturated heterocycles. The monoisotopic (exact) mass is 282 g/mol. The lowest BCUT2D eigenvalue weighted by atomic mass is 10.1. The molecule has 2 rings (SSSR count). The number of aliphatic hydroxyl groups is 1. The van der Waals surface area contributed by atoms with Crippen molar-refractivity contribution in [2.45, 2.75) is 44.2 Å². The Kier molecular flexibility index (Phi) is 5.05. The Hall–Kier alpha value is -1.26. The van der Waals surface area contributed by atoms with E-state index in [-0.39, 0.29) is 12.1 Å². The van der Waals surface area contributed by atoms with E-state index in [0.29, 0.717) is 10.7 Å². The normalized spacial score (nSPS) is 23.5. The van der Waals surface area contributed by atoms with Crippen LogP contribution < -0.4 is 10.6 Å². The van der Waals surface area contributed by atoms with Gasteiger partial charge in [0.25, 0.3) is 0 Å². The van der Waals surface area contributed by atoms with Gasteiger partial charge in [0.2, 0.25) is 0 Å². The van der Waals surface area contributed by atoms with Gasteiger partial charge in [-0.05, 0) is 25.0 Å².